The molecule has 0 bridgehead atoms. The quantitative estimate of drug-likeness (QED) is 0.570. The van der Waals surface area contributed by atoms with Crippen LogP contribution in [-0.4, -0.2) is 43.3 Å². The summed E-state index contributed by atoms with van der Waals surface area (Å²) in [4.78, 5) is 7.55. The predicted molar refractivity (Wildman–Crippen MR) is 106 cm³/mol. The molecule has 3 N–H and O–H groups in total. The SMILES string of the molecule is CN=C(NCCc1c[nH]c2cc(F)ccc12)NC1C2CCCOC2C1(C)C. The van der Waals surface area contributed by atoms with Gasteiger partial charge in [-0.1, -0.05) is 13.8 Å². The van der Waals surface area contributed by atoms with Crippen LogP contribution in [0.3, 0.4) is 0 Å². The lowest BCUT2D eigenvalue weighted by molar-refractivity contribution is -0.188. The zero-order valence-corrected chi connectivity index (χ0v) is 16.3. The predicted octanol–water partition coefficient (Wildman–Crippen LogP) is 3.22. The fraction of sp³-hybridized carbons (Fsp3) is 0.571. The summed E-state index contributed by atoms with van der Waals surface area (Å²) in [7, 11) is 1.81. The maximum Gasteiger partial charge on any atom is 0.191 e. The third-order valence-electron chi connectivity index (χ3n) is 6.26. The van der Waals surface area contributed by atoms with Crippen molar-refractivity contribution in [3.63, 3.8) is 0 Å². The number of hydrogen-bond acceptors (Lipinski definition) is 2. The Bertz CT molecular complexity index is 844. The van der Waals surface area contributed by atoms with Gasteiger partial charge in [-0.2, -0.15) is 0 Å². The lowest BCUT2D eigenvalue weighted by Gasteiger charge is -2.60. The minimum atomic E-state index is -0.216. The third kappa shape index (κ3) is 3.31. The summed E-state index contributed by atoms with van der Waals surface area (Å²) in [5.41, 5.74) is 2.13. The summed E-state index contributed by atoms with van der Waals surface area (Å²) >= 11 is 0. The highest BCUT2D eigenvalue weighted by Gasteiger charge is 2.58. The standard InChI is InChI=1S/C21H29FN4O/c1-21(2)18(16-5-4-10-27-19(16)21)26-20(23-3)24-9-8-13-12-25-17-11-14(22)6-7-15(13)17/h6-7,11-12,16,18-19,25H,4-5,8-10H2,1-3H3,(H2,23,24,26). The number of halogens is 1. The first-order chi connectivity index (χ1) is 13.0. The Labute approximate surface area is 159 Å². The summed E-state index contributed by atoms with van der Waals surface area (Å²) < 4.78 is 19.3. The van der Waals surface area contributed by atoms with Crippen LogP contribution in [-0.2, 0) is 11.2 Å². The van der Waals surface area contributed by atoms with E-state index in [0.717, 1.165) is 42.9 Å². The molecule has 27 heavy (non-hydrogen) atoms. The van der Waals surface area contributed by atoms with Gasteiger partial charge < -0.3 is 20.4 Å². The van der Waals surface area contributed by atoms with Gasteiger partial charge >= 0.3 is 0 Å². The van der Waals surface area contributed by atoms with Gasteiger partial charge in [0.05, 0.1) is 6.10 Å². The molecule has 1 aromatic carbocycles. The second-order valence-corrected chi connectivity index (χ2v) is 8.29. The monoisotopic (exact) mass is 372 g/mol. The Balaban J connectivity index is 1.34. The topological polar surface area (TPSA) is 61.4 Å². The molecule has 3 unspecified atom stereocenters. The van der Waals surface area contributed by atoms with Gasteiger partial charge in [-0.05, 0) is 43.0 Å². The zero-order valence-electron chi connectivity index (χ0n) is 16.3. The average molecular weight is 372 g/mol. The van der Waals surface area contributed by atoms with Gasteiger partial charge in [0.25, 0.3) is 0 Å². The Kier molecular flexibility index (Phi) is 4.84. The zero-order chi connectivity index (χ0) is 19.0. The maximum absolute atomic E-state index is 13.3. The van der Waals surface area contributed by atoms with Crippen LogP contribution in [0.25, 0.3) is 10.9 Å². The van der Waals surface area contributed by atoms with Gasteiger partial charge in [-0.15, -0.1) is 0 Å². The number of benzene rings is 1. The van der Waals surface area contributed by atoms with Gasteiger partial charge in [0.1, 0.15) is 5.82 Å². The van der Waals surface area contributed by atoms with Gasteiger partial charge in [-0.3, -0.25) is 4.99 Å². The first-order valence-corrected chi connectivity index (χ1v) is 9.85. The highest BCUT2D eigenvalue weighted by Crippen LogP contribution is 2.51. The molecular weight excluding hydrogens is 343 g/mol. The van der Waals surface area contributed by atoms with E-state index in [0.29, 0.717) is 18.1 Å². The van der Waals surface area contributed by atoms with E-state index in [4.69, 9.17) is 4.74 Å². The highest BCUT2D eigenvalue weighted by molar-refractivity contribution is 5.83. The normalized spacial score (nSPS) is 27.1. The molecule has 1 aliphatic heterocycles. The molecule has 0 radical (unpaired) electrons. The van der Waals surface area contributed by atoms with Crippen LogP contribution in [0.1, 0.15) is 32.3 Å². The van der Waals surface area contributed by atoms with Crippen molar-refractivity contribution in [1.82, 2.24) is 15.6 Å². The van der Waals surface area contributed by atoms with Crippen molar-refractivity contribution in [3.8, 4) is 0 Å². The number of nitrogens with one attached hydrogen (secondary N) is 3. The van der Waals surface area contributed by atoms with E-state index < -0.39 is 0 Å². The lowest BCUT2D eigenvalue weighted by Crippen LogP contribution is -2.71. The maximum atomic E-state index is 13.3. The average Bonchev–Trinajstić information content (AvgIpc) is 3.06. The smallest absolute Gasteiger partial charge is 0.191 e. The minimum absolute atomic E-state index is 0.115. The van der Waals surface area contributed by atoms with Crippen molar-refractivity contribution in [3.05, 3.63) is 35.8 Å². The molecule has 1 saturated heterocycles. The number of fused-ring (bicyclic) bond motifs is 2. The molecule has 2 aromatic rings. The highest BCUT2D eigenvalue weighted by atomic mass is 19.1. The van der Waals surface area contributed by atoms with Crippen LogP contribution in [0.5, 0.6) is 0 Å². The molecule has 2 fully saturated rings. The molecule has 6 heteroatoms. The summed E-state index contributed by atoms with van der Waals surface area (Å²) in [6.07, 6.45) is 5.52. The molecule has 0 spiro atoms. The first kappa shape index (κ1) is 18.3. The molecule has 1 aliphatic carbocycles. The molecule has 1 saturated carbocycles. The molecule has 0 amide bonds. The number of H-pyrrole nitrogens is 1. The summed E-state index contributed by atoms with van der Waals surface area (Å²) in [6, 6.07) is 5.26. The Morgan fingerprint density at radius 1 is 1.41 bits per heavy atom. The number of rotatable bonds is 4. The van der Waals surface area contributed by atoms with Crippen molar-refractivity contribution >= 4 is 16.9 Å². The van der Waals surface area contributed by atoms with E-state index in [1.165, 1.54) is 24.1 Å². The summed E-state index contributed by atoms with van der Waals surface area (Å²) in [5.74, 6) is 1.19. The largest absolute Gasteiger partial charge is 0.377 e. The van der Waals surface area contributed by atoms with Crippen LogP contribution in [0.4, 0.5) is 4.39 Å². The lowest BCUT2D eigenvalue weighted by atomic mass is 9.55. The number of aromatic nitrogens is 1. The van der Waals surface area contributed by atoms with Crippen molar-refractivity contribution in [2.24, 2.45) is 16.3 Å². The number of guanidine groups is 1. The second kappa shape index (κ2) is 7.15. The molecule has 146 valence electrons. The Morgan fingerprint density at radius 3 is 3.07 bits per heavy atom. The van der Waals surface area contributed by atoms with E-state index in [9.17, 15) is 4.39 Å². The number of nitrogens with zero attached hydrogens (tertiary/aromatic N) is 1. The molecular formula is C21H29FN4O. The van der Waals surface area contributed by atoms with Crippen LogP contribution in [0.15, 0.2) is 29.4 Å². The number of hydrogen-bond donors (Lipinski definition) is 3. The number of aromatic amines is 1. The Morgan fingerprint density at radius 2 is 2.26 bits per heavy atom. The number of aliphatic imine (C=N–C) groups is 1. The summed E-state index contributed by atoms with van der Waals surface area (Å²) in [6.45, 7) is 6.20. The second-order valence-electron chi connectivity index (χ2n) is 8.29. The minimum Gasteiger partial charge on any atom is -0.377 e. The number of ether oxygens (including phenoxy) is 1. The molecule has 4 rings (SSSR count). The van der Waals surface area contributed by atoms with E-state index in [1.54, 1.807) is 0 Å². The van der Waals surface area contributed by atoms with Gasteiger partial charge in [-0.25, -0.2) is 4.39 Å². The van der Waals surface area contributed by atoms with Crippen LogP contribution >= 0.6 is 0 Å². The first-order valence-electron chi connectivity index (χ1n) is 9.85. The summed E-state index contributed by atoms with van der Waals surface area (Å²) in [5, 5.41) is 8.12. The third-order valence-corrected chi connectivity index (χ3v) is 6.26. The van der Waals surface area contributed by atoms with E-state index >= 15 is 0 Å². The molecule has 2 heterocycles. The van der Waals surface area contributed by atoms with Gasteiger partial charge in [0, 0.05) is 54.7 Å². The van der Waals surface area contributed by atoms with Crippen molar-refractivity contribution in [2.45, 2.75) is 45.3 Å². The molecule has 1 aromatic heterocycles. The van der Waals surface area contributed by atoms with Crippen LogP contribution in [0, 0.1) is 17.2 Å². The van der Waals surface area contributed by atoms with Crippen molar-refractivity contribution in [1.29, 1.82) is 0 Å². The van der Waals surface area contributed by atoms with Crippen LogP contribution < -0.4 is 10.6 Å². The van der Waals surface area contributed by atoms with Crippen molar-refractivity contribution in [2.75, 3.05) is 20.2 Å². The molecule has 3 atom stereocenters. The van der Waals surface area contributed by atoms with E-state index in [-0.39, 0.29) is 11.2 Å². The fourth-order valence-corrected chi connectivity index (χ4v) is 4.84. The van der Waals surface area contributed by atoms with E-state index in [1.807, 2.05) is 19.3 Å². The van der Waals surface area contributed by atoms with E-state index in [2.05, 4.69) is 34.5 Å². The Hall–Kier alpha value is -2.08. The fourth-order valence-electron chi connectivity index (χ4n) is 4.84. The van der Waals surface area contributed by atoms with Gasteiger partial charge in [0.2, 0.25) is 0 Å². The van der Waals surface area contributed by atoms with Crippen molar-refractivity contribution < 1.29 is 9.13 Å². The molecule has 5 nitrogen and oxygen atoms in total. The van der Waals surface area contributed by atoms with Gasteiger partial charge in [0.15, 0.2) is 5.96 Å². The molecule has 2 aliphatic rings. The van der Waals surface area contributed by atoms with Crippen LogP contribution in [0.2, 0.25) is 0 Å².